The second-order valence-electron chi connectivity index (χ2n) is 2.90. The molecule has 1 amide bonds. The molecule has 0 radical (unpaired) electrons. The molecule has 0 aliphatic heterocycles. The van der Waals surface area contributed by atoms with Crippen LogP contribution in [0.15, 0.2) is 30.6 Å². The molecule has 3 nitrogen and oxygen atoms in total. The number of carbonyl (C=O) groups is 1. The van der Waals surface area contributed by atoms with E-state index in [9.17, 15) is 4.79 Å². The highest BCUT2D eigenvalue weighted by Crippen LogP contribution is 1.98. The van der Waals surface area contributed by atoms with Crippen LogP contribution >= 0.6 is 0 Å². The highest BCUT2D eigenvalue weighted by atomic mass is 16.1. The number of allylic oxidation sites excluding steroid dienone is 1. The van der Waals surface area contributed by atoms with Crippen molar-refractivity contribution in [2.45, 2.75) is 13.5 Å². The number of amides is 1. The quantitative estimate of drug-likeness (QED) is 0.694. The van der Waals surface area contributed by atoms with Crippen molar-refractivity contribution in [2.75, 3.05) is 0 Å². The number of carbonyl (C=O) groups excluding carboxylic acids is 1. The van der Waals surface area contributed by atoms with Gasteiger partial charge in [0, 0.05) is 26.0 Å². The van der Waals surface area contributed by atoms with Gasteiger partial charge in [-0.3, -0.25) is 4.79 Å². The van der Waals surface area contributed by atoms with Crippen LogP contribution in [0.1, 0.15) is 12.5 Å². The van der Waals surface area contributed by atoms with Crippen LogP contribution in [0.25, 0.3) is 0 Å². The monoisotopic (exact) mass is 178 g/mol. The first-order valence-electron chi connectivity index (χ1n) is 4.23. The van der Waals surface area contributed by atoms with Gasteiger partial charge in [-0.1, -0.05) is 6.08 Å². The van der Waals surface area contributed by atoms with E-state index in [1.165, 1.54) is 6.08 Å². The zero-order valence-electron chi connectivity index (χ0n) is 7.95. The van der Waals surface area contributed by atoms with Crippen LogP contribution in [0.3, 0.4) is 0 Å². The van der Waals surface area contributed by atoms with Crippen LogP contribution in [0.5, 0.6) is 0 Å². The Morgan fingerprint density at radius 3 is 3.00 bits per heavy atom. The highest BCUT2D eigenvalue weighted by molar-refractivity contribution is 5.87. The molecule has 0 spiro atoms. The van der Waals surface area contributed by atoms with E-state index >= 15 is 0 Å². The highest BCUT2D eigenvalue weighted by Gasteiger charge is 1.96. The van der Waals surface area contributed by atoms with E-state index in [0.29, 0.717) is 6.54 Å². The zero-order valence-corrected chi connectivity index (χ0v) is 7.95. The van der Waals surface area contributed by atoms with E-state index in [0.717, 1.165) is 5.56 Å². The van der Waals surface area contributed by atoms with Gasteiger partial charge in [-0.05, 0) is 24.6 Å². The molecule has 1 rings (SSSR count). The van der Waals surface area contributed by atoms with Crippen molar-refractivity contribution >= 4 is 5.91 Å². The van der Waals surface area contributed by atoms with Gasteiger partial charge in [-0.25, -0.2) is 0 Å². The Balaban J connectivity index is 2.39. The molecule has 0 fully saturated rings. The number of hydrogen-bond donors (Lipinski definition) is 1. The molecule has 70 valence electrons. The van der Waals surface area contributed by atoms with Crippen LogP contribution in [0, 0.1) is 0 Å². The summed E-state index contributed by atoms with van der Waals surface area (Å²) in [6.07, 6.45) is 7.18. The van der Waals surface area contributed by atoms with Gasteiger partial charge in [-0.2, -0.15) is 0 Å². The van der Waals surface area contributed by atoms with Gasteiger partial charge in [0.2, 0.25) is 5.91 Å². The van der Waals surface area contributed by atoms with Crippen LogP contribution in [0.4, 0.5) is 0 Å². The minimum atomic E-state index is -0.0497. The lowest BCUT2D eigenvalue weighted by Crippen LogP contribution is -2.19. The third-order valence-corrected chi connectivity index (χ3v) is 1.68. The summed E-state index contributed by atoms with van der Waals surface area (Å²) in [5, 5.41) is 2.77. The summed E-state index contributed by atoms with van der Waals surface area (Å²) >= 11 is 0. The Hall–Kier alpha value is -1.51. The third kappa shape index (κ3) is 3.15. The van der Waals surface area contributed by atoms with Gasteiger partial charge in [0.05, 0.1) is 0 Å². The lowest BCUT2D eigenvalue weighted by Gasteiger charge is -1.98. The Bertz CT molecular complexity index is 312. The Kier molecular flexibility index (Phi) is 3.31. The smallest absolute Gasteiger partial charge is 0.243 e. The predicted octanol–water partition coefficient (Wildman–Crippen LogP) is 1.22. The number of hydrogen-bond acceptors (Lipinski definition) is 1. The fourth-order valence-electron chi connectivity index (χ4n) is 1.06. The number of nitrogens with zero attached hydrogens (tertiary/aromatic N) is 1. The summed E-state index contributed by atoms with van der Waals surface area (Å²) in [7, 11) is 1.96. The van der Waals surface area contributed by atoms with Crippen molar-refractivity contribution in [3.05, 3.63) is 36.2 Å². The SMILES string of the molecule is C/C=C/C(=O)NCc1ccn(C)c1. The average Bonchev–Trinajstić information content (AvgIpc) is 2.49. The Morgan fingerprint density at radius 1 is 1.69 bits per heavy atom. The maximum Gasteiger partial charge on any atom is 0.243 e. The van der Waals surface area contributed by atoms with Crippen molar-refractivity contribution in [3.63, 3.8) is 0 Å². The number of rotatable bonds is 3. The van der Waals surface area contributed by atoms with Gasteiger partial charge >= 0.3 is 0 Å². The molecule has 1 aromatic rings. The molecular weight excluding hydrogens is 164 g/mol. The van der Waals surface area contributed by atoms with Gasteiger partial charge in [0.1, 0.15) is 0 Å². The molecule has 0 unspecified atom stereocenters. The molecule has 0 aliphatic carbocycles. The summed E-state index contributed by atoms with van der Waals surface area (Å²) in [5.41, 5.74) is 1.11. The molecule has 1 heterocycles. The van der Waals surface area contributed by atoms with Crippen LogP contribution in [-0.4, -0.2) is 10.5 Å². The van der Waals surface area contributed by atoms with E-state index in [1.54, 1.807) is 6.08 Å². The van der Waals surface area contributed by atoms with Crippen LogP contribution in [-0.2, 0) is 18.4 Å². The van der Waals surface area contributed by atoms with Crippen molar-refractivity contribution in [1.82, 2.24) is 9.88 Å². The van der Waals surface area contributed by atoms with E-state index in [4.69, 9.17) is 0 Å². The second kappa shape index (κ2) is 4.50. The summed E-state index contributed by atoms with van der Waals surface area (Å²) in [6, 6.07) is 1.98. The predicted molar refractivity (Wildman–Crippen MR) is 52.1 cm³/mol. The van der Waals surface area contributed by atoms with Crippen molar-refractivity contribution in [3.8, 4) is 0 Å². The lowest BCUT2D eigenvalue weighted by atomic mass is 10.3. The Labute approximate surface area is 78.1 Å². The van der Waals surface area contributed by atoms with Crippen LogP contribution < -0.4 is 5.32 Å². The number of aryl methyl sites for hydroxylation is 1. The van der Waals surface area contributed by atoms with Gasteiger partial charge in [-0.15, -0.1) is 0 Å². The van der Waals surface area contributed by atoms with Crippen molar-refractivity contribution in [1.29, 1.82) is 0 Å². The summed E-state index contributed by atoms with van der Waals surface area (Å²) in [4.78, 5) is 11.0. The normalized spacial score (nSPS) is 10.6. The maximum absolute atomic E-state index is 11.0. The standard InChI is InChI=1S/C10H14N2O/c1-3-4-10(13)11-7-9-5-6-12(2)8-9/h3-6,8H,7H2,1-2H3,(H,11,13)/b4-3+. The summed E-state index contributed by atoms with van der Waals surface area (Å²) in [5.74, 6) is -0.0497. The summed E-state index contributed by atoms with van der Waals surface area (Å²) < 4.78 is 1.96. The molecule has 0 bridgehead atoms. The molecule has 0 saturated carbocycles. The molecule has 13 heavy (non-hydrogen) atoms. The van der Waals surface area contributed by atoms with E-state index in [1.807, 2.05) is 37.0 Å². The number of aromatic nitrogens is 1. The van der Waals surface area contributed by atoms with Gasteiger partial charge in [0.25, 0.3) is 0 Å². The van der Waals surface area contributed by atoms with Gasteiger partial charge in [0.15, 0.2) is 0 Å². The number of nitrogens with one attached hydrogen (secondary N) is 1. The molecule has 1 N–H and O–H groups in total. The molecule has 1 aromatic heterocycles. The van der Waals surface area contributed by atoms with Gasteiger partial charge < -0.3 is 9.88 Å². The fourth-order valence-corrected chi connectivity index (χ4v) is 1.06. The zero-order chi connectivity index (χ0) is 9.68. The second-order valence-corrected chi connectivity index (χ2v) is 2.90. The third-order valence-electron chi connectivity index (χ3n) is 1.68. The van der Waals surface area contributed by atoms with E-state index in [2.05, 4.69) is 5.32 Å². The first-order chi connectivity index (χ1) is 6.22. The van der Waals surface area contributed by atoms with Crippen LogP contribution in [0.2, 0.25) is 0 Å². The first kappa shape index (κ1) is 9.58. The summed E-state index contributed by atoms with van der Waals surface area (Å²) in [6.45, 7) is 2.41. The average molecular weight is 178 g/mol. The fraction of sp³-hybridized carbons (Fsp3) is 0.300. The Morgan fingerprint density at radius 2 is 2.46 bits per heavy atom. The molecular formula is C10H14N2O. The van der Waals surface area contributed by atoms with Crippen molar-refractivity contribution < 1.29 is 4.79 Å². The lowest BCUT2D eigenvalue weighted by molar-refractivity contribution is -0.116. The first-order valence-corrected chi connectivity index (χ1v) is 4.23. The maximum atomic E-state index is 11.0. The minimum absolute atomic E-state index is 0.0497. The van der Waals surface area contributed by atoms with E-state index in [-0.39, 0.29) is 5.91 Å². The molecule has 0 atom stereocenters. The molecule has 0 saturated heterocycles. The van der Waals surface area contributed by atoms with Crippen molar-refractivity contribution in [2.24, 2.45) is 7.05 Å². The molecule has 0 aromatic carbocycles. The molecule has 0 aliphatic rings. The minimum Gasteiger partial charge on any atom is -0.357 e. The topological polar surface area (TPSA) is 34.0 Å². The largest absolute Gasteiger partial charge is 0.357 e. The van der Waals surface area contributed by atoms with E-state index < -0.39 is 0 Å². The molecule has 3 heteroatoms.